The van der Waals surface area contributed by atoms with Crippen molar-refractivity contribution < 1.29 is 41.4 Å². The number of hydrogen-bond donors (Lipinski definition) is 3. The molecule has 1 saturated carbocycles. The topological polar surface area (TPSA) is 108 Å². The summed E-state index contributed by atoms with van der Waals surface area (Å²) < 4.78 is 61.8. The van der Waals surface area contributed by atoms with E-state index in [0.29, 0.717) is 17.7 Å². The number of carboxylic acid groups (broad SMARTS) is 1. The molecule has 2 atom stereocenters. The molecule has 1 aromatic heterocycles. The van der Waals surface area contributed by atoms with Crippen LogP contribution in [0.2, 0.25) is 0 Å². The lowest BCUT2D eigenvalue weighted by molar-refractivity contribution is -0.192. The minimum Gasteiger partial charge on any atom is -0.475 e. The fourth-order valence-corrected chi connectivity index (χ4v) is 5.42. The number of hydrogen-bond acceptors (Lipinski definition) is 5. The van der Waals surface area contributed by atoms with Gasteiger partial charge in [-0.3, -0.25) is 9.89 Å². The average Bonchev–Trinajstić information content (AvgIpc) is 3.49. The normalized spacial score (nSPS) is 18.9. The number of carboxylic acids is 1. The maximum Gasteiger partial charge on any atom is 0.490 e. The largest absolute Gasteiger partial charge is 0.490 e. The summed E-state index contributed by atoms with van der Waals surface area (Å²) >= 11 is 0. The fraction of sp³-hybridized carbons (Fsp3) is 0.258. The summed E-state index contributed by atoms with van der Waals surface area (Å²) in [6.07, 6.45) is -0.443. The molecule has 0 radical (unpaired) electrons. The minimum absolute atomic E-state index is 0.0528. The van der Waals surface area contributed by atoms with Crippen molar-refractivity contribution in [1.82, 2.24) is 15.1 Å². The predicted molar refractivity (Wildman–Crippen MR) is 153 cm³/mol. The number of carbonyl (C=O) groups excluding carboxylic acids is 1. The number of aliphatic carboxylic acids is 1. The van der Waals surface area contributed by atoms with Crippen LogP contribution in [-0.4, -0.2) is 59.0 Å². The average molecular weight is 615 g/mol. The molecule has 2 unspecified atom stereocenters. The molecule has 4 aromatic rings. The van der Waals surface area contributed by atoms with Crippen LogP contribution in [0.1, 0.15) is 40.3 Å². The number of benzene rings is 3. The second kappa shape index (κ2) is 11.7. The number of aromatic amines is 1. The Morgan fingerprint density at radius 3 is 2.45 bits per heavy atom. The third-order valence-electron chi connectivity index (χ3n) is 7.48. The lowest BCUT2D eigenvalue weighted by Gasteiger charge is -2.11. The predicted octanol–water partition coefficient (Wildman–Crippen LogP) is 6.41. The Morgan fingerprint density at radius 2 is 1.82 bits per heavy atom. The molecule has 2 aliphatic rings. The van der Waals surface area contributed by atoms with Crippen LogP contribution >= 0.6 is 0 Å². The van der Waals surface area contributed by atoms with Crippen molar-refractivity contribution in [3.8, 4) is 5.75 Å². The number of halogens is 5. The molecule has 1 spiro atoms. The molecule has 0 saturated heterocycles. The first-order valence-electron chi connectivity index (χ1n) is 13.4. The van der Waals surface area contributed by atoms with Crippen molar-refractivity contribution in [3.63, 3.8) is 0 Å². The van der Waals surface area contributed by atoms with Crippen LogP contribution in [-0.2, 0) is 21.5 Å². The lowest BCUT2D eigenvalue weighted by atomic mass is 9.91. The van der Waals surface area contributed by atoms with Crippen molar-refractivity contribution in [1.29, 1.82) is 0 Å². The van der Waals surface area contributed by atoms with Crippen molar-refractivity contribution >= 4 is 40.6 Å². The maximum atomic E-state index is 13.0. The Kier molecular flexibility index (Phi) is 8.17. The Bertz CT molecular complexity index is 1730. The van der Waals surface area contributed by atoms with Gasteiger partial charge in [-0.05, 0) is 73.1 Å². The molecule has 0 bridgehead atoms. The molecule has 13 heteroatoms. The molecular formula is C31H27F5N4O4. The molecule has 2 heterocycles. The van der Waals surface area contributed by atoms with Gasteiger partial charge in [-0.25, -0.2) is 4.79 Å². The summed E-state index contributed by atoms with van der Waals surface area (Å²) in [5.74, 6) is -2.86. The molecule has 44 heavy (non-hydrogen) atoms. The number of anilines is 1. The molecule has 1 amide bonds. The fourth-order valence-electron chi connectivity index (χ4n) is 5.42. The smallest absolute Gasteiger partial charge is 0.475 e. The summed E-state index contributed by atoms with van der Waals surface area (Å²) in [6.45, 7) is -2.02. The summed E-state index contributed by atoms with van der Waals surface area (Å²) in [6, 6.07) is 19.1. The van der Waals surface area contributed by atoms with E-state index in [1.807, 2.05) is 44.4 Å². The van der Waals surface area contributed by atoms with Crippen LogP contribution in [0.3, 0.4) is 0 Å². The van der Waals surface area contributed by atoms with E-state index in [0.717, 1.165) is 34.3 Å². The number of aromatic nitrogens is 2. The number of amides is 1. The van der Waals surface area contributed by atoms with E-state index in [9.17, 15) is 26.7 Å². The van der Waals surface area contributed by atoms with Gasteiger partial charge in [0.25, 0.3) is 0 Å². The highest BCUT2D eigenvalue weighted by Crippen LogP contribution is 2.65. The van der Waals surface area contributed by atoms with Crippen LogP contribution < -0.4 is 10.1 Å². The molecule has 1 aliphatic carbocycles. The summed E-state index contributed by atoms with van der Waals surface area (Å²) in [5, 5.41) is 18.6. The maximum absolute atomic E-state index is 13.0. The zero-order valence-corrected chi connectivity index (χ0v) is 23.5. The van der Waals surface area contributed by atoms with Gasteiger partial charge >= 0.3 is 18.8 Å². The van der Waals surface area contributed by atoms with Crippen molar-refractivity contribution in [3.05, 3.63) is 88.6 Å². The molecular weight excluding hydrogens is 587 g/mol. The molecule has 8 nitrogen and oxygen atoms in total. The minimum atomic E-state index is -5.08. The Morgan fingerprint density at radius 1 is 1.11 bits per heavy atom. The standard InChI is InChI=1S/C29H26F2N4O2.C2HF3O2/c1-35(2)16-18-5-3-17(4-6-18)7-11-24-21-10-8-19(13-26(21)34-33-24)23-15-29(23)22-14-20(37-28(30)31)9-12-25(22)32-27(29)36;3-2(4,5)1(6)7/h3-14,23,28H,15-16H2,1-2H3,(H,32,36)(H,33,34);(H,6,7)/b11-7+;. The van der Waals surface area contributed by atoms with Crippen molar-refractivity contribution in [2.75, 3.05) is 19.4 Å². The van der Waals surface area contributed by atoms with E-state index in [4.69, 9.17) is 9.90 Å². The second-order valence-electron chi connectivity index (χ2n) is 10.8. The Hall–Kier alpha value is -4.78. The SMILES string of the molecule is CN(C)Cc1ccc(/C=C/c2n[nH]c3cc(C4CC45C(=O)Nc4ccc(OC(F)F)cc45)ccc23)cc1.O=C(O)C(F)(F)F. The number of nitrogens with one attached hydrogen (secondary N) is 2. The second-order valence-corrected chi connectivity index (χ2v) is 10.8. The molecule has 6 rings (SSSR count). The number of rotatable bonds is 7. The van der Waals surface area contributed by atoms with Gasteiger partial charge in [0.1, 0.15) is 5.75 Å². The Balaban J connectivity index is 0.000000493. The summed E-state index contributed by atoms with van der Waals surface area (Å²) in [4.78, 5) is 24.0. The monoisotopic (exact) mass is 614 g/mol. The van der Waals surface area contributed by atoms with E-state index < -0.39 is 24.2 Å². The highest BCUT2D eigenvalue weighted by Gasteiger charge is 2.65. The summed E-state index contributed by atoms with van der Waals surface area (Å²) in [5.41, 5.74) is 5.68. The zero-order valence-electron chi connectivity index (χ0n) is 23.5. The third-order valence-corrected chi connectivity index (χ3v) is 7.48. The zero-order chi connectivity index (χ0) is 31.8. The molecule has 1 fully saturated rings. The van der Waals surface area contributed by atoms with Crippen molar-refractivity contribution in [2.24, 2.45) is 0 Å². The van der Waals surface area contributed by atoms with Gasteiger partial charge in [0.05, 0.1) is 16.6 Å². The molecule has 1 aliphatic heterocycles. The van der Waals surface area contributed by atoms with E-state index in [-0.39, 0.29) is 17.6 Å². The van der Waals surface area contributed by atoms with Gasteiger partial charge in [0.2, 0.25) is 5.91 Å². The first-order chi connectivity index (χ1) is 20.8. The van der Waals surface area contributed by atoms with Crippen LogP contribution in [0.15, 0.2) is 60.7 Å². The van der Waals surface area contributed by atoms with Gasteiger partial charge in [0, 0.05) is 23.5 Å². The number of nitrogens with zero attached hydrogens (tertiary/aromatic N) is 2. The first kappa shape index (κ1) is 30.7. The van der Waals surface area contributed by atoms with Gasteiger partial charge in [-0.2, -0.15) is 27.1 Å². The highest BCUT2D eigenvalue weighted by atomic mass is 19.4. The lowest BCUT2D eigenvalue weighted by Crippen LogP contribution is -2.21. The third kappa shape index (κ3) is 6.27. The van der Waals surface area contributed by atoms with Crippen LogP contribution in [0.25, 0.3) is 23.1 Å². The summed E-state index contributed by atoms with van der Waals surface area (Å²) in [7, 11) is 4.10. The molecule has 3 N–H and O–H groups in total. The number of carbonyl (C=O) groups is 2. The number of H-pyrrole nitrogens is 1. The van der Waals surface area contributed by atoms with Gasteiger partial charge in [-0.1, -0.05) is 42.5 Å². The van der Waals surface area contributed by atoms with E-state index in [1.165, 1.54) is 11.6 Å². The quantitative estimate of drug-likeness (QED) is 0.208. The van der Waals surface area contributed by atoms with Crippen LogP contribution in [0.4, 0.5) is 27.6 Å². The first-order valence-corrected chi connectivity index (χ1v) is 13.4. The van der Waals surface area contributed by atoms with Crippen molar-refractivity contribution in [2.45, 2.75) is 37.1 Å². The van der Waals surface area contributed by atoms with Gasteiger partial charge < -0.3 is 20.1 Å². The molecule has 3 aromatic carbocycles. The molecule has 230 valence electrons. The van der Waals surface area contributed by atoms with Crippen LogP contribution in [0, 0.1) is 0 Å². The van der Waals surface area contributed by atoms with E-state index >= 15 is 0 Å². The number of alkyl halides is 5. The highest BCUT2D eigenvalue weighted by molar-refractivity contribution is 6.10. The number of ether oxygens (including phenoxy) is 1. The Labute approximate surface area is 248 Å². The van der Waals surface area contributed by atoms with Crippen LogP contribution in [0.5, 0.6) is 5.75 Å². The van der Waals surface area contributed by atoms with Gasteiger partial charge in [-0.15, -0.1) is 0 Å². The van der Waals surface area contributed by atoms with E-state index in [2.05, 4.69) is 49.4 Å². The van der Waals surface area contributed by atoms with E-state index in [1.54, 1.807) is 12.1 Å². The number of fused-ring (bicyclic) bond motifs is 3. The van der Waals surface area contributed by atoms with Gasteiger partial charge in [0.15, 0.2) is 0 Å².